The Morgan fingerprint density at radius 3 is 1.79 bits per heavy atom. The van der Waals surface area contributed by atoms with Gasteiger partial charge in [0, 0.05) is 21.7 Å². The van der Waals surface area contributed by atoms with Crippen LogP contribution in [0.5, 0.6) is 0 Å². The van der Waals surface area contributed by atoms with Crippen molar-refractivity contribution in [3.63, 3.8) is 0 Å². The van der Waals surface area contributed by atoms with Crippen molar-refractivity contribution >= 4 is 17.2 Å². The van der Waals surface area contributed by atoms with Gasteiger partial charge < -0.3 is 0 Å². The highest BCUT2D eigenvalue weighted by atomic mass is 35.5. The fraction of sp³-hybridized carbons (Fsp3) is 0.0690. The summed E-state index contributed by atoms with van der Waals surface area (Å²) in [7, 11) is 0. The van der Waals surface area contributed by atoms with Gasteiger partial charge in [0.1, 0.15) is 0 Å². The maximum absolute atomic E-state index is 6.20. The lowest BCUT2D eigenvalue weighted by Gasteiger charge is -2.09. The van der Waals surface area contributed by atoms with Crippen LogP contribution in [-0.4, -0.2) is 15.0 Å². The molecule has 3 nitrogen and oxygen atoms in total. The second-order valence-corrected chi connectivity index (χ2v) is 7.26. The molecule has 1 aromatic heterocycles. The maximum Gasteiger partial charge on any atom is 0.164 e. The minimum Gasteiger partial charge on any atom is -0.208 e. The van der Waals surface area contributed by atoms with Crippen molar-refractivity contribution in [2.45, 2.75) is 13.8 Å². The summed E-state index contributed by atoms with van der Waals surface area (Å²) >= 11 is 6.20. The first kappa shape index (κ1) is 23.8. The topological polar surface area (TPSA) is 38.7 Å². The normalized spacial score (nSPS) is 10.7. The van der Waals surface area contributed by atoms with Gasteiger partial charge in [-0.2, -0.15) is 0 Å². The molecular weight excluding hydrogens is 426 g/mol. The Morgan fingerprint density at radius 1 is 0.697 bits per heavy atom. The number of hydrogen-bond acceptors (Lipinski definition) is 3. The Bertz CT molecular complexity index is 1260. The smallest absolute Gasteiger partial charge is 0.164 e. The van der Waals surface area contributed by atoms with Crippen LogP contribution >= 0.6 is 11.6 Å². The monoisotopic (exact) mass is 451 g/mol. The Balaban J connectivity index is 0.00000149. The number of allylic oxidation sites excluding steroid dienone is 4. The van der Waals surface area contributed by atoms with Crippen LogP contribution < -0.4 is 0 Å². The van der Waals surface area contributed by atoms with Gasteiger partial charge in [0.05, 0.1) is 0 Å². The molecule has 33 heavy (non-hydrogen) atoms. The molecule has 4 aromatic rings. The molecule has 0 bridgehead atoms. The Labute approximate surface area is 200 Å². The number of nitrogens with zero attached hydrogens (tertiary/aromatic N) is 3. The zero-order chi connectivity index (χ0) is 23.6. The van der Waals surface area contributed by atoms with Crippen molar-refractivity contribution in [3.05, 3.63) is 121 Å². The van der Waals surface area contributed by atoms with Gasteiger partial charge in [-0.05, 0) is 23.3 Å². The van der Waals surface area contributed by atoms with E-state index in [0.717, 1.165) is 27.8 Å². The van der Waals surface area contributed by atoms with Gasteiger partial charge in [0.2, 0.25) is 0 Å². The molecule has 0 saturated heterocycles. The van der Waals surface area contributed by atoms with Crippen molar-refractivity contribution in [1.29, 1.82) is 0 Å². The van der Waals surface area contributed by atoms with Crippen LogP contribution in [0.4, 0.5) is 0 Å². The van der Waals surface area contributed by atoms with Gasteiger partial charge in [0.25, 0.3) is 0 Å². The number of halogens is 1. The summed E-state index contributed by atoms with van der Waals surface area (Å²) in [5.41, 5.74) is 4.71. The third-order valence-corrected chi connectivity index (χ3v) is 4.98. The van der Waals surface area contributed by atoms with E-state index in [9.17, 15) is 0 Å². The molecule has 0 aliphatic rings. The van der Waals surface area contributed by atoms with Gasteiger partial charge >= 0.3 is 0 Å². The van der Waals surface area contributed by atoms with Crippen LogP contribution in [0.2, 0.25) is 5.02 Å². The van der Waals surface area contributed by atoms with Crippen LogP contribution in [0.25, 0.3) is 39.7 Å². The molecule has 4 rings (SSSR count). The van der Waals surface area contributed by atoms with E-state index in [-0.39, 0.29) is 0 Å². The molecule has 0 radical (unpaired) electrons. The minimum absolute atomic E-state index is 0.578. The molecule has 0 saturated carbocycles. The molecule has 0 aliphatic heterocycles. The first-order chi connectivity index (χ1) is 16.2. The lowest BCUT2D eigenvalue weighted by Crippen LogP contribution is -2.00. The van der Waals surface area contributed by atoms with Crippen LogP contribution in [0.3, 0.4) is 0 Å². The molecule has 0 atom stereocenters. The van der Waals surface area contributed by atoms with E-state index in [1.807, 2.05) is 105 Å². The molecule has 1 heterocycles. The van der Waals surface area contributed by atoms with Gasteiger partial charge in [0.15, 0.2) is 17.5 Å². The second-order valence-electron chi connectivity index (χ2n) is 6.82. The molecule has 4 heteroatoms. The largest absolute Gasteiger partial charge is 0.208 e. The summed E-state index contributed by atoms with van der Waals surface area (Å²) in [6.07, 6.45) is 5.49. The summed E-state index contributed by atoms with van der Waals surface area (Å²) < 4.78 is 0. The van der Waals surface area contributed by atoms with Crippen molar-refractivity contribution in [1.82, 2.24) is 15.0 Å². The highest BCUT2D eigenvalue weighted by Crippen LogP contribution is 2.27. The lowest BCUT2D eigenvalue weighted by atomic mass is 10.0. The van der Waals surface area contributed by atoms with Crippen molar-refractivity contribution < 1.29 is 0 Å². The van der Waals surface area contributed by atoms with Crippen LogP contribution in [0.15, 0.2) is 110 Å². The molecule has 0 N–H and O–H groups in total. The van der Waals surface area contributed by atoms with E-state index in [1.54, 1.807) is 6.08 Å². The predicted octanol–water partition coefficient (Wildman–Crippen LogP) is 8.31. The van der Waals surface area contributed by atoms with Crippen molar-refractivity contribution in [3.8, 4) is 34.2 Å². The number of benzene rings is 3. The molecule has 0 spiro atoms. The fourth-order valence-corrected chi connectivity index (χ4v) is 3.39. The molecular formula is C29H26ClN3. The van der Waals surface area contributed by atoms with E-state index < -0.39 is 0 Å². The molecule has 0 aliphatic carbocycles. The van der Waals surface area contributed by atoms with E-state index in [2.05, 4.69) is 13.2 Å². The molecule has 0 unspecified atom stereocenters. The van der Waals surface area contributed by atoms with E-state index >= 15 is 0 Å². The highest BCUT2D eigenvalue weighted by molar-refractivity contribution is 6.30. The van der Waals surface area contributed by atoms with Crippen LogP contribution in [0.1, 0.15) is 19.4 Å². The quantitative estimate of drug-likeness (QED) is 0.276. The number of hydrogen-bond donors (Lipinski definition) is 0. The summed E-state index contributed by atoms with van der Waals surface area (Å²) in [6.45, 7) is 11.6. The Hall–Kier alpha value is -3.82. The third-order valence-electron chi connectivity index (χ3n) is 4.74. The van der Waals surface area contributed by atoms with Gasteiger partial charge in [-0.15, -0.1) is 0 Å². The maximum atomic E-state index is 6.20. The summed E-state index contributed by atoms with van der Waals surface area (Å²) in [4.78, 5) is 14.2. The van der Waals surface area contributed by atoms with Gasteiger partial charge in [-0.1, -0.05) is 124 Å². The van der Waals surface area contributed by atoms with Crippen LogP contribution in [-0.2, 0) is 0 Å². The average Bonchev–Trinajstić information content (AvgIpc) is 2.89. The zero-order valence-electron chi connectivity index (χ0n) is 18.9. The Morgan fingerprint density at radius 2 is 1.24 bits per heavy atom. The summed E-state index contributed by atoms with van der Waals surface area (Å²) in [6, 6.07) is 25.5. The summed E-state index contributed by atoms with van der Waals surface area (Å²) in [5, 5.41) is 0.635. The molecule has 164 valence electrons. The Kier molecular flexibility index (Phi) is 8.45. The lowest BCUT2D eigenvalue weighted by molar-refractivity contribution is 1.07. The van der Waals surface area contributed by atoms with Gasteiger partial charge in [-0.25, -0.2) is 15.0 Å². The van der Waals surface area contributed by atoms with E-state index in [0.29, 0.717) is 22.5 Å². The molecule has 3 aromatic carbocycles. The van der Waals surface area contributed by atoms with Crippen molar-refractivity contribution in [2.75, 3.05) is 0 Å². The zero-order valence-corrected chi connectivity index (χ0v) is 19.6. The molecule has 0 amide bonds. The SMILES string of the molecule is C=C/C=C(\C=C)c1ccc(-c2nc(-c3ccccc3)nc(-c3cccc(Cl)c3)n2)cc1.CC. The standard InChI is InChI=1S/C27H20ClN3.C2H6/c1-3-9-19(4-2)20-14-16-22(17-15-20)26-29-25(21-10-6-5-7-11-21)30-27(31-26)23-12-8-13-24(28)18-23;1-2/h3-18H,1-2H2;1-2H3/b19-9+;. The predicted molar refractivity (Wildman–Crippen MR) is 141 cm³/mol. The van der Waals surface area contributed by atoms with Crippen molar-refractivity contribution in [2.24, 2.45) is 0 Å². The number of aromatic nitrogens is 3. The van der Waals surface area contributed by atoms with Crippen LogP contribution in [0, 0.1) is 0 Å². The van der Waals surface area contributed by atoms with Gasteiger partial charge in [-0.3, -0.25) is 0 Å². The van der Waals surface area contributed by atoms with E-state index in [4.69, 9.17) is 26.6 Å². The first-order valence-electron chi connectivity index (χ1n) is 10.8. The number of rotatable bonds is 6. The average molecular weight is 452 g/mol. The second kappa shape index (κ2) is 11.7. The summed E-state index contributed by atoms with van der Waals surface area (Å²) in [5.74, 6) is 1.79. The van der Waals surface area contributed by atoms with E-state index in [1.165, 1.54) is 0 Å². The third kappa shape index (κ3) is 5.91. The first-order valence-corrected chi connectivity index (χ1v) is 11.2. The molecule has 0 fully saturated rings. The highest BCUT2D eigenvalue weighted by Gasteiger charge is 2.12. The minimum atomic E-state index is 0.578. The fourth-order valence-electron chi connectivity index (χ4n) is 3.20.